The highest BCUT2D eigenvalue weighted by molar-refractivity contribution is 6.32. The van der Waals surface area contributed by atoms with Gasteiger partial charge in [0.05, 0.1) is 0 Å². The van der Waals surface area contributed by atoms with Crippen LogP contribution in [0.25, 0.3) is 0 Å². The second-order valence-electron chi connectivity index (χ2n) is 10.7. The molecule has 0 radical (unpaired) electrons. The molecule has 35 heavy (non-hydrogen) atoms. The van der Waals surface area contributed by atoms with E-state index >= 15 is 0 Å². The van der Waals surface area contributed by atoms with Crippen molar-refractivity contribution in [1.82, 2.24) is 4.90 Å². The highest BCUT2D eigenvalue weighted by Gasteiger charge is 2.42. The molecule has 0 aromatic heterocycles. The first-order valence-electron chi connectivity index (χ1n) is 12.4. The molecule has 1 aliphatic heterocycles. The molecule has 3 aromatic rings. The quantitative estimate of drug-likeness (QED) is 0.373. The summed E-state index contributed by atoms with van der Waals surface area (Å²) in [4.78, 5) is 2.41. The van der Waals surface area contributed by atoms with Crippen LogP contribution in [0, 0.1) is 0 Å². The van der Waals surface area contributed by atoms with Gasteiger partial charge >= 0.3 is 0 Å². The first kappa shape index (κ1) is 25.9. The number of likely N-dealkylation sites (tertiary alicyclic amines) is 1. The van der Waals surface area contributed by atoms with E-state index in [0.717, 1.165) is 48.0 Å². The number of nitrogens with two attached hydrogens (primary N) is 1. The van der Waals surface area contributed by atoms with E-state index < -0.39 is 15.4 Å². The predicted octanol–water partition coefficient (Wildman–Crippen LogP) is 5.38. The number of benzene rings is 3. The van der Waals surface area contributed by atoms with Crippen LogP contribution in [0.15, 0.2) is 84.9 Å². The van der Waals surface area contributed by atoms with E-state index in [2.05, 4.69) is 74.2 Å². The maximum atomic E-state index is 7.07. The first-order valence-corrected chi connectivity index (χ1v) is 14.1. The molecule has 0 unspecified atom stereocenters. The van der Waals surface area contributed by atoms with E-state index in [-0.39, 0.29) is 17.2 Å². The van der Waals surface area contributed by atoms with Crippen molar-refractivity contribution >= 4 is 21.4 Å². The number of halogens is 1. The number of nitrogens with zero attached hydrogens (tertiary/aromatic N) is 1. The van der Waals surface area contributed by atoms with E-state index in [1.54, 1.807) is 0 Å². The molecular weight excluding hydrogens is 472 g/mol. The van der Waals surface area contributed by atoms with Crippen molar-refractivity contribution in [3.63, 3.8) is 0 Å². The van der Waals surface area contributed by atoms with Crippen molar-refractivity contribution in [1.29, 1.82) is 0 Å². The lowest BCUT2D eigenvalue weighted by atomic mass is 9.79. The largest absolute Gasteiger partial charge is 0.488 e. The van der Waals surface area contributed by atoms with Gasteiger partial charge in [-0.25, -0.2) is 0 Å². The van der Waals surface area contributed by atoms with Gasteiger partial charge in [-0.15, -0.1) is 0 Å². The lowest BCUT2D eigenvalue weighted by molar-refractivity contribution is 0.00997. The van der Waals surface area contributed by atoms with Crippen LogP contribution in [0.5, 0.6) is 5.75 Å². The van der Waals surface area contributed by atoms with Crippen molar-refractivity contribution < 1.29 is 9.16 Å². The van der Waals surface area contributed by atoms with Gasteiger partial charge in [-0.1, -0.05) is 93.0 Å². The fourth-order valence-electron chi connectivity index (χ4n) is 4.58. The Kier molecular flexibility index (Phi) is 8.35. The van der Waals surface area contributed by atoms with Gasteiger partial charge in [0.1, 0.15) is 17.5 Å². The summed E-state index contributed by atoms with van der Waals surface area (Å²) >= 11 is 5.98. The first-order chi connectivity index (χ1) is 16.8. The molecule has 0 bridgehead atoms. The maximum absolute atomic E-state index is 7.07. The van der Waals surface area contributed by atoms with Crippen molar-refractivity contribution in [3.05, 3.63) is 101 Å². The third-order valence-electron chi connectivity index (χ3n) is 6.46. The Hall–Kier alpha value is -2.15. The third kappa shape index (κ3) is 6.54. The molecule has 4 rings (SSSR count). The second kappa shape index (κ2) is 11.3. The van der Waals surface area contributed by atoms with Gasteiger partial charge < -0.3 is 14.9 Å². The Morgan fingerprint density at radius 1 is 0.914 bits per heavy atom. The summed E-state index contributed by atoms with van der Waals surface area (Å²) in [6.07, 6.45) is 1.03. The second-order valence-corrected chi connectivity index (χ2v) is 13.8. The molecule has 0 spiro atoms. The van der Waals surface area contributed by atoms with Gasteiger partial charge in [0, 0.05) is 30.7 Å². The Morgan fingerprint density at radius 2 is 1.46 bits per heavy atom. The number of hydrogen-bond donors (Lipinski definition) is 1. The third-order valence-corrected chi connectivity index (χ3v) is 8.17. The maximum Gasteiger partial charge on any atom is 0.168 e. The summed E-state index contributed by atoms with van der Waals surface area (Å²) in [7, 11) is -0.880. The van der Waals surface area contributed by atoms with E-state index in [9.17, 15) is 0 Å². The summed E-state index contributed by atoms with van der Waals surface area (Å²) in [5.41, 5.74) is 8.67. The average molecular weight is 509 g/mol. The zero-order chi connectivity index (χ0) is 24.9. The molecule has 1 atom stereocenters. The number of rotatable bonds is 10. The fraction of sp³-hybridized carbons (Fsp3) is 0.379. The van der Waals surface area contributed by atoms with E-state index in [1.165, 1.54) is 0 Å². The van der Waals surface area contributed by atoms with Gasteiger partial charge in [0.15, 0.2) is 9.76 Å². The number of ether oxygens (including phenoxy) is 1. The lowest BCUT2D eigenvalue weighted by Gasteiger charge is -2.44. The summed E-state index contributed by atoms with van der Waals surface area (Å²) in [6.45, 7) is 9.47. The Morgan fingerprint density at radius 3 is 1.97 bits per heavy atom. The van der Waals surface area contributed by atoms with Crippen LogP contribution >= 0.6 is 11.6 Å². The smallest absolute Gasteiger partial charge is 0.168 e. The number of hydrogen-bond acceptors (Lipinski definition) is 4. The molecule has 4 nitrogen and oxygen atoms in total. The minimum absolute atomic E-state index is 0.151. The van der Waals surface area contributed by atoms with Crippen LogP contribution in [-0.2, 0) is 10.0 Å². The zero-order valence-corrected chi connectivity index (χ0v) is 23.2. The van der Waals surface area contributed by atoms with Crippen LogP contribution in [-0.4, -0.2) is 46.4 Å². The summed E-state index contributed by atoms with van der Waals surface area (Å²) < 4.78 is 13.1. The van der Waals surface area contributed by atoms with Crippen molar-refractivity contribution in [2.24, 2.45) is 5.73 Å². The van der Waals surface area contributed by atoms with Gasteiger partial charge in [-0.3, -0.25) is 4.90 Å². The Balaban J connectivity index is 1.47. The van der Waals surface area contributed by atoms with Crippen LogP contribution in [0.4, 0.5) is 0 Å². The molecule has 0 aliphatic carbocycles. The molecule has 2 N–H and O–H groups in total. The van der Waals surface area contributed by atoms with Gasteiger partial charge in [-0.2, -0.15) is 0 Å². The summed E-state index contributed by atoms with van der Waals surface area (Å²) in [5, 5.41) is 0.872. The average Bonchev–Trinajstić information content (AvgIpc) is 2.83. The van der Waals surface area contributed by atoms with Crippen molar-refractivity contribution in [3.8, 4) is 5.75 Å². The molecule has 0 amide bonds. The molecule has 6 heteroatoms. The molecule has 1 saturated heterocycles. The molecule has 3 aromatic carbocycles. The molecule has 1 aliphatic rings. The van der Waals surface area contributed by atoms with E-state index in [1.807, 2.05) is 36.4 Å². The van der Waals surface area contributed by atoms with Crippen molar-refractivity contribution in [2.75, 3.05) is 19.6 Å². The molecular formula is C29H37ClN2O2Si. The zero-order valence-electron chi connectivity index (χ0n) is 21.0. The van der Waals surface area contributed by atoms with Gasteiger partial charge in [0.2, 0.25) is 0 Å². The molecule has 1 fully saturated rings. The van der Waals surface area contributed by atoms with Gasteiger partial charge in [-0.05, 0) is 46.9 Å². The highest BCUT2D eigenvalue weighted by atomic mass is 35.5. The monoisotopic (exact) mass is 508 g/mol. The SMILES string of the molecule is CC(C)(C)[SiH2]OC(c1ccccc1)(c1ccccc1)[C@@H](N)CCN1CC(Oc2ccc(Cl)cc2)C1. The standard InChI is InChI=1S/C29H37ClN2O2Si/c1-28(2,3)35-34-29(22-10-6-4-7-11-22,23-12-8-5-9-13-23)27(31)18-19-32-20-26(21-32)33-25-16-14-24(30)15-17-25/h4-17,26-27H,18-21,31,35H2,1-3H3/t27-/m0/s1. The Bertz CT molecular complexity index is 1010. The fourth-order valence-corrected chi connectivity index (χ4v) is 5.91. The van der Waals surface area contributed by atoms with E-state index in [4.69, 9.17) is 26.5 Å². The van der Waals surface area contributed by atoms with E-state index in [0.29, 0.717) is 0 Å². The minimum Gasteiger partial charge on any atom is -0.488 e. The predicted molar refractivity (Wildman–Crippen MR) is 148 cm³/mol. The highest BCUT2D eigenvalue weighted by Crippen LogP contribution is 2.39. The molecule has 0 saturated carbocycles. The topological polar surface area (TPSA) is 47.7 Å². The minimum atomic E-state index is -0.880. The van der Waals surface area contributed by atoms with Crippen LogP contribution in [0.2, 0.25) is 10.1 Å². The normalized spacial score (nSPS) is 16.4. The van der Waals surface area contributed by atoms with Crippen LogP contribution < -0.4 is 10.5 Å². The molecule has 186 valence electrons. The van der Waals surface area contributed by atoms with Crippen molar-refractivity contribution in [2.45, 2.75) is 50.0 Å². The van der Waals surface area contributed by atoms with Crippen LogP contribution in [0.3, 0.4) is 0 Å². The summed E-state index contributed by atoms with van der Waals surface area (Å²) in [6, 6.07) is 28.4. The van der Waals surface area contributed by atoms with Crippen LogP contribution in [0.1, 0.15) is 38.3 Å². The lowest BCUT2D eigenvalue weighted by Crippen LogP contribution is -2.56. The van der Waals surface area contributed by atoms with Gasteiger partial charge in [0.25, 0.3) is 0 Å². The Labute approximate surface area is 217 Å². The molecule has 1 heterocycles. The summed E-state index contributed by atoms with van der Waals surface area (Å²) in [5.74, 6) is 0.864.